The van der Waals surface area contributed by atoms with Gasteiger partial charge in [0.2, 0.25) is 0 Å². The number of methoxy groups -OCH3 is 1. The standard InChI is InChI=1S/C12H21N3O2/c1-9-10(11(16)17-3)13-14-15(2)12(9)7-5-4-6-8-12/h9-10H,4-8H2,1-3H3/t9?,10-/m0/s1. The molecule has 0 radical (unpaired) electrons. The molecule has 96 valence electrons. The van der Waals surface area contributed by atoms with Crippen LogP contribution in [0.15, 0.2) is 10.3 Å². The molecule has 1 unspecified atom stereocenters. The Morgan fingerprint density at radius 1 is 1.35 bits per heavy atom. The van der Waals surface area contributed by atoms with E-state index >= 15 is 0 Å². The first-order chi connectivity index (χ1) is 8.12. The average molecular weight is 239 g/mol. The quantitative estimate of drug-likeness (QED) is 0.659. The summed E-state index contributed by atoms with van der Waals surface area (Å²) in [5.41, 5.74) is -0.00113. The van der Waals surface area contributed by atoms with Gasteiger partial charge >= 0.3 is 5.97 Å². The van der Waals surface area contributed by atoms with Gasteiger partial charge in [-0.15, -0.1) is 0 Å². The number of ether oxygens (including phenoxy) is 1. The second-order valence-electron chi connectivity index (χ2n) is 5.15. The van der Waals surface area contributed by atoms with E-state index in [1.54, 1.807) is 0 Å². The number of carbonyl (C=O) groups excluding carboxylic acids is 1. The van der Waals surface area contributed by atoms with Gasteiger partial charge < -0.3 is 4.74 Å². The molecule has 0 bridgehead atoms. The first-order valence-electron chi connectivity index (χ1n) is 6.34. The van der Waals surface area contributed by atoms with Crippen molar-refractivity contribution in [1.82, 2.24) is 5.01 Å². The molecule has 1 fully saturated rings. The Kier molecular flexibility index (Phi) is 3.35. The summed E-state index contributed by atoms with van der Waals surface area (Å²) in [6.07, 6.45) is 5.88. The van der Waals surface area contributed by atoms with Crippen LogP contribution in [0.2, 0.25) is 0 Å². The molecule has 1 saturated carbocycles. The minimum Gasteiger partial charge on any atom is -0.467 e. The van der Waals surface area contributed by atoms with Gasteiger partial charge in [0.05, 0.1) is 12.6 Å². The molecule has 1 spiro atoms. The number of esters is 1. The van der Waals surface area contributed by atoms with Crippen LogP contribution in [-0.4, -0.2) is 36.7 Å². The van der Waals surface area contributed by atoms with Gasteiger partial charge in [0.25, 0.3) is 0 Å². The van der Waals surface area contributed by atoms with Crippen molar-refractivity contribution in [3.05, 3.63) is 0 Å². The van der Waals surface area contributed by atoms with Crippen molar-refractivity contribution in [2.75, 3.05) is 14.2 Å². The summed E-state index contributed by atoms with van der Waals surface area (Å²) >= 11 is 0. The minimum absolute atomic E-state index is 0.00113. The highest BCUT2D eigenvalue weighted by molar-refractivity contribution is 5.76. The third-order valence-corrected chi connectivity index (χ3v) is 4.44. The Hall–Kier alpha value is -1.13. The lowest BCUT2D eigenvalue weighted by Crippen LogP contribution is -2.57. The largest absolute Gasteiger partial charge is 0.467 e. The lowest BCUT2D eigenvalue weighted by atomic mass is 9.70. The van der Waals surface area contributed by atoms with Crippen molar-refractivity contribution in [1.29, 1.82) is 0 Å². The molecule has 0 aromatic carbocycles. The van der Waals surface area contributed by atoms with Gasteiger partial charge in [0, 0.05) is 13.0 Å². The van der Waals surface area contributed by atoms with E-state index in [0.29, 0.717) is 0 Å². The van der Waals surface area contributed by atoms with Crippen LogP contribution < -0.4 is 0 Å². The maximum absolute atomic E-state index is 11.7. The van der Waals surface area contributed by atoms with Crippen LogP contribution in [0.1, 0.15) is 39.0 Å². The maximum Gasteiger partial charge on any atom is 0.332 e. The van der Waals surface area contributed by atoms with Crippen molar-refractivity contribution < 1.29 is 9.53 Å². The smallest absolute Gasteiger partial charge is 0.332 e. The SMILES string of the molecule is COC(=O)[C@H]1N=NN(C)C2(CCCCC2)C1C. The molecule has 17 heavy (non-hydrogen) atoms. The van der Waals surface area contributed by atoms with E-state index in [2.05, 4.69) is 17.3 Å². The summed E-state index contributed by atoms with van der Waals surface area (Å²) in [6, 6.07) is -0.436. The second-order valence-corrected chi connectivity index (χ2v) is 5.15. The Balaban J connectivity index is 2.26. The van der Waals surface area contributed by atoms with Gasteiger partial charge in [-0.25, -0.2) is 4.79 Å². The van der Waals surface area contributed by atoms with Crippen molar-refractivity contribution in [3.63, 3.8) is 0 Å². The molecule has 0 saturated heterocycles. The van der Waals surface area contributed by atoms with Crippen LogP contribution in [0.3, 0.4) is 0 Å². The number of nitrogens with zero attached hydrogens (tertiary/aromatic N) is 3. The van der Waals surface area contributed by atoms with Crippen molar-refractivity contribution in [2.45, 2.75) is 50.6 Å². The molecule has 2 atom stereocenters. The summed E-state index contributed by atoms with van der Waals surface area (Å²) in [4.78, 5) is 11.7. The molecular weight excluding hydrogens is 218 g/mol. The fraction of sp³-hybridized carbons (Fsp3) is 0.917. The monoisotopic (exact) mass is 239 g/mol. The first-order valence-corrected chi connectivity index (χ1v) is 6.34. The van der Waals surface area contributed by atoms with Crippen LogP contribution in [-0.2, 0) is 9.53 Å². The number of hydrogen-bond donors (Lipinski definition) is 0. The molecule has 0 N–H and O–H groups in total. The molecule has 0 aromatic rings. The molecule has 0 amide bonds. The van der Waals surface area contributed by atoms with E-state index in [0.717, 1.165) is 12.8 Å². The summed E-state index contributed by atoms with van der Waals surface area (Å²) < 4.78 is 4.82. The fourth-order valence-electron chi connectivity index (χ4n) is 3.23. The number of carbonyl (C=O) groups is 1. The van der Waals surface area contributed by atoms with Gasteiger partial charge in [-0.05, 0) is 12.8 Å². The van der Waals surface area contributed by atoms with Crippen LogP contribution in [0.4, 0.5) is 0 Å². The zero-order chi connectivity index (χ0) is 12.5. The van der Waals surface area contributed by atoms with Crippen LogP contribution in [0.25, 0.3) is 0 Å². The van der Waals surface area contributed by atoms with Crippen molar-refractivity contribution in [3.8, 4) is 0 Å². The average Bonchev–Trinajstić information content (AvgIpc) is 2.37. The molecule has 1 aliphatic heterocycles. The molecule has 2 rings (SSSR count). The minimum atomic E-state index is -0.436. The molecule has 5 heteroatoms. The fourth-order valence-corrected chi connectivity index (χ4v) is 3.23. The first kappa shape index (κ1) is 12.3. The van der Waals surface area contributed by atoms with Gasteiger partial charge in [0.15, 0.2) is 6.04 Å². The van der Waals surface area contributed by atoms with Crippen LogP contribution >= 0.6 is 0 Å². The maximum atomic E-state index is 11.7. The van der Waals surface area contributed by atoms with E-state index in [9.17, 15) is 4.79 Å². The highest BCUT2D eigenvalue weighted by Crippen LogP contribution is 2.43. The van der Waals surface area contributed by atoms with E-state index < -0.39 is 6.04 Å². The summed E-state index contributed by atoms with van der Waals surface area (Å²) in [5, 5.41) is 10.2. The second kappa shape index (κ2) is 4.63. The molecule has 0 aromatic heterocycles. The van der Waals surface area contributed by atoms with Gasteiger partial charge in [-0.2, -0.15) is 5.11 Å². The number of rotatable bonds is 1. The number of hydrogen-bond acceptors (Lipinski definition) is 5. The molecule has 2 aliphatic rings. The van der Waals surface area contributed by atoms with Crippen LogP contribution in [0.5, 0.6) is 0 Å². The van der Waals surface area contributed by atoms with Gasteiger partial charge in [0.1, 0.15) is 0 Å². The normalized spacial score (nSPS) is 31.6. The summed E-state index contributed by atoms with van der Waals surface area (Å²) in [7, 11) is 3.38. The Labute approximate surface area is 102 Å². The lowest BCUT2D eigenvalue weighted by Gasteiger charge is -2.49. The summed E-state index contributed by atoms with van der Waals surface area (Å²) in [5.74, 6) is -0.1000. The Bertz CT molecular complexity index is 324. The van der Waals surface area contributed by atoms with Crippen LogP contribution in [0, 0.1) is 5.92 Å². The predicted molar refractivity (Wildman–Crippen MR) is 63.4 cm³/mol. The lowest BCUT2D eigenvalue weighted by molar-refractivity contribution is -0.147. The van der Waals surface area contributed by atoms with Crippen molar-refractivity contribution in [2.24, 2.45) is 16.3 Å². The third-order valence-electron chi connectivity index (χ3n) is 4.44. The van der Waals surface area contributed by atoms with Gasteiger partial charge in [-0.1, -0.05) is 31.4 Å². The van der Waals surface area contributed by atoms with Gasteiger partial charge in [-0.3, -0.25) is 5.01 Å². The molecule has 1 heterocycles. The molecular formula is C12H21N3O2. The van der Waals surface area contributed by atoms with E-state index in [1.165, 1.54) is 26.4 Å². The highest BCUT2D eigenvalue weighted by atomic mass is 16.5. The molecule has 5 nitrogen and oxygen atoms in total. The zero-order valence-corrected chi connectivity index (χ0v) is 10.8. The van der Waals surface area contributed by atoms with E-state index in [1.807, 2.05) is 12.1 Å². The zero-order valence-electron chi connectivity index (χ0n) is 10.8. The summed E-state index contributed by atoms with van der Waals surface area (Å²) in [6.45, 7) is 2.10. The topological polar surface area (TPSA) is 54.3 Å². The molecule has 1 aliphatic carbocycles. The Morgan fingerprint density at radius 2 is 2.00 bits per heavy atom. The predicted octanol–water partition coefficient (Wildman–Crippen LogP) is 2.18. The third kappa shape index (κ3) is 1.91. The van der Waals surface area contributed by atoms with E-state index in [-0.39, 0.29) is 17.4 Å². The Morgan fingerprint density at radius 3 is 2.59 bits per heavy atom. The van der Waals surface area contributed by atoms with E-state index in [4.69, 9.17) is 4.74 Å². The van der Waals surface area contributed by atoms with Crippen molar-refractivity contribution >= 4 is 5.97 Å². The highest BCUT2D eigenvalue weighted by Gasteiger charge is 2.49.